The van der Waals surface area contributed by atoms with Crippen LogP contribution in [0.1, 0.15) is 13.3 Å². The highest BCUT2D eigenvalue weighted by Gasteiger charge is 2.40. The molecule has 5 heteroatoms. The van der Waals surface area contributed by atoms with Gasteiger partial charge in [0.1, 0.15) is 5.54 Å². The lowest BCUT2D eigenvalue weighted by molar-refractivity contribution is -0.123. The molecule has 3 amide bonds. The van der Waals surface area contributed by atoms with Crippen LogP contribution in [0.5, 0.6) is 0 Å². The van der Waals surface area contributed by atoms with Crippen molar-refractivity contribution in [1.29, 1.82) is 0 Å². The summed E-state index contributed by atoms with van der Waals surface area (Å²) in [6.07, 6.45) is 0.241. The summed E-state index contributed by atoms with van der Waals surface area (Å²) in [7, 11) is 0. The molecule has 1 fully saturated rings. The molecule has 0 aliphatic carbocycles. The number of carbonyl (C=O) groups is 2. The van der Waals surface area contributed by atoms with Gasteiger partial charge in [0, 0.05) is 13.0 Å². The number of urea groups is 1. The highest BCUT2D eigenvalue weighted by molar-refractivity contribution is 6.06. The molecule has 62 valence electrons. The second-order valence-corrected chi connectivity index (χ2v) is 2.71. The highest BCUT2D eigenvalue weighted by atomic mass is 16.3. The van der Waals surface area contributed by atoms with E-state index in [0.717, 1.165) is 0 Å². The van der Waals surface area contributed by atoms with Crippen LogP contribution in [-0.2, 0) is 4.79 Å². The summed E-state index contributed by atoms with van der Waals surface area (Å²) in [6, 6.07) is -0.494. The standard InChI is InChI=1S/C6H10N2O3/c1-6(2-3-9)4(10)7-5(11)8-6/h9H,2-3H2,1H3,(H2,7,8,10,11)/t6-/m0/s1. The lowest BCUT2D eigenvalue weighted by Crippen LogP contribution is -2.44. The van der Waals surface area contributed by atoms with Gasteiger partial charge >= 0.3 is 6.03 Å². The minimum absolute atomic E-state index is 0.121. The average Bonchev–Trinajstić information content (AvgIpc) is 2.08. The van der Waals surface area contributed by atoms with Gasteiger partial charge in [0.25, 0.3) is 5.91 Å². The van der Waals surface area contributed by atoms with Gasteiger partial charge in [-0.2, -0.15) is 0 Å². The summed E-state index contributed by atoms with van der Waals surface area (Å²) in [4.78, 5) is 21.6. The third-order valence-corrected chi connectivity index (χ3v) is 1.73. The van der Waals surface area contributed by atoms with Gasteiger partial charge in [-0.3, -0.25) is 10.1 Å². The number of imide groups is 1. The van der Waals surface area contributed by atoms with E-state index >= 15 is 0 Å². The molecule has 5 nitrogen and oxygen atoms in total. The Kier molecular flexibility index (Phi) is 1.82. The molecule has 1 rings (SSSR count). The average molecular weight is 158 g/mol. The van der Waals surface area contributed by atoms with E-state index in [2.05, 4.69) is 10.6 Å². The molecule has 0 spiro atoms. The topological polar surface area (TPSA) is 78.4 Å². The van der Waals surface area contributed by atoms with Gasteiger partial charge in [0.15, 0.2) is 0 Å². The Balaban J connectivity index is 2.70. The van der Waals surface area contributed by atoms with Crippen LogP contribution in [0.4, 0.5) is 4.79 Å². The van der Waals surface area contributed by atoms with Crippen LogP contribution in [0.3, 0.4) is 0 Å². The first-order valence-corrected chi connectivity index (χ1v) is 3.33. The number of aliphatic hydroxyl groups is 1. The van der Waals surface area contributed by atoms with Gasteiger partial charge in [-0.25, -0.2) is 4.79 Å². The van der Waals surface area contributed by atoms with Gasteiger partial charge in [-0.15, -0.1) is 0 Å². The Morgan fingerprint density at radius 1 is 1.55 bits per heavy atom. The smallest absolute Gasteiger partial charge is 0.322 e. The molecule has 1 aliphatic heterocycles. The Bertz CT molecular complexity index is 204. The Morgan fingerprint density at radius 3 is 2.55 bits per heavy atom. The zero-order valence-electron chi connectivity index (χ0n) is 6.18. The zero-order chi connectivity index (χ0) is 8.48. The Labute approximate surface area is 63.8 Å². The van der Waals surface area contributed by atoms with Crippen molar-refractivity contribution in [3.63, 3.8) is 0 Å². The predicted octanol–water partition coefficient (Wildman–Crippen LogP) is -1.03. The van der Waals surface area contributed by atoms with E-state index in [9.17, 15) is 9.59 Å². The van der Waals surface area contributed by atoms with Crippen LogP contribution in [-0.4, -0.2) is 29.2 Å². The summed E-state index contributed by atoms with van der Waals surface area (Å²) in [6.45, 7) is 1.45. The van der Waals surface area contributed by atoms with Gasteiger partial charge in [0.2, 0.25) is 0 Å². The van der Waals surface area contributed by atoms with Crippen molar-refractivity contribution in [2.45, 2.75) is 18.9 Å². The molecule has 0 unspecified atom stereocenters. The molecule has 1 heterocycles. The number of carbonyl (C=O) groups excluding carboxylic acids is 2. The van der Waals surface area contributed by atoms with E-state index in [0.29, 0.717) is 0 Å². The number of aliphatic hydroxyl groups excluding tert-OH is 1. The van der Waals surface area contributed by atoms with E-state index in [1.807, 2.05) is 0 Å². The maximum absolute atomic E-state index is 11.0. The molecule has 0 saturated carbocycles. The quantitative estimate of drug-likeness (QED) is 0.449. The largest absolute Gasteiger partial charge is 0.396 e. The summed E-state index contributed by atoms with van der Waals surface area (Å²) in [5.74, 6) is -0.378. The van der Waals surface area contributed by atoms with Crippen LogP contribution in [0.25, 0.3) is 0 Å². The molecule has 11 heavy (non-hydrogen) atoms. The first-order valence-electron chi connectivity index (χ1n) is 3.33. The fourth-order valence-corrected chi connectivity index (χ4v) is 0.979. The predicted molar refractivity (Wildman–Crippen MR) is 36.8 cm³/mol. The Hall–Kier alpha value is -1.10. The molecule has 1 aliphatic rings. The second kappa shape index (κ2) is 2.50. The monoisotopic (exact) mass is 158 g/mol. The summed E-state index contributed by atoms with van der Waals surface area (Å²) < 4.78 is 0. The van der Waals surface area contributed by atoms with Crippen molar-refractivity contribution in [2.75, 3.05) is 6.61 Å². The molecule has 1 saturated heterocycles. The molecule has 0 radical (unpaired) electrons. The summed E-state index contributed by atoms with van der Waals surface area (Å²) >= 11 is 0. The number of hydrogen-bond acceptors (Lipinski definition) is 3. The van der Waals surface area contributed by atoms with Crippen molar-refractivity contribution >= 4 is 11.9 Å². The lowest BCUT2D eigenvalue weighted by Gasteiger charge is -2.18. The van der Waals surface area contributed by atoms with Crippen LogP contribution < -0.4 is 10.6 Å². The van der Waals surface area contributed by atoms with E-state index in [-0.39, 0.29) is 18.9 Å². The fraction of sp³-hybridized carbons (Fsp3) is 0.667. The SMILES string of the molecule is C[C@@]1(CCO)NC(=O)NC1=O. The minimum Gasteiger partial charge on any atom is -0.396 e. The zero-order valence-corrected chi connectivity index (χ0v) is 6.18. The van der Waals surface area contributed by atoms with Gasteiger partial charge in [0.05, 0.1) is 0 Å². The fourth-order valence-electron chi connectivity index (χ4n) is 0.979. The van der Waals surface area contributed by atoms with Gasteiger partial charge in [-0.1, -0.05) is 0 Å². The van der Waals surface area contributed by atoms with E-state index in [1.54, 1.807) is 6.92 Å². The molecular formula is C6H10N2O3. The van der Waals surface area contributed by atoms with Crippen molar-refractivity contribution in [2.24, 2.45) is 0 Å². The first-order chi connectivity index (χ1) is 5.08. The third kappa shape index (κ3) is 1.32. The lowest BCUT2D eigenvalue weighted by atomic mass is 9.99. The molecule has 3 N–H and O–H groups in total. The molecule has 0 aromatic heterocycles. The van der Waals surface area contributed by atoms with Crippen molar-refractivity contribution < 1.29 is 14.7 Å². The van der Waals surface area contributed by atoms with E-state index < -0.39 is 11.6 Å². The van der Waals surface area contributed by atoms with Crippen LogP contribution >= 0.6 is 0 Å². The molecule has 0 bridgehead atoms. The Morgan fingerprint density at radius 2 is 2.18 bits per heavy atom. The highest BCUT2D eigenvalue weighted by Crippen LogP contribution is 2.12. The van der Waals surface area contributed by atoms with Gasteiger partial charge < -0.3 is 10.4 Å². The molecule has 0 aromatic rings. The summed E-state index contributed by atoms with van der Waals surface area (Å²) in [5.41, 5.74) is -0.925. The van der Waals surface area contributed by atoms with E-state index in [1.165, 1.54) is 0 Å². The first kappa shape index (κ1) is 8.00. The number of rotatable bonds is 2. The second-order valence-electron chi connectivity index (χ2n) is 2.71. The van der Waals surface area contributed by atoms with Crippen molar-refractivity contribution in [3.8, 4) is 0 Å². The van der Waals surface area contributed by atoms with E-state index in [4.69, 9.17) is 5.11 Å². The van der Waals surface area contributed by atoms with Crippen LogP contribution in [0.2, 0.25) is 0 Å². The molecular weight excluding hydrogens is 148 g/mol. The number of hydrogen-bond donors (Lipinski definition) is 3. The van der Waals surface area contributed by atoms with Crippen LogP contribution in [0, 0.1) is 0 Å². The minimum atomic E-state index is -0.925. The van der Waals surface area contributed by atoms with Crippen LogP contribution in [0.15, 0.2) is 0 Å². The maximum Gasteiger partial charge on any atom is 0.322 e. The van der Waals surface area contributed by atoms with Gasteiger partial charge in [-0.05, 0) is 6.92 Å². The molecule has 0 aromatic carbocycles. The normalized spacial score (nSPS) is 30.0. The third-order valence-electron chi connectivity index (χ3n) is 1.73. The molecule has 1 atom stereocenters. The van der Waals surface area contributed by atoms with Crippen molar-refractivity contribution in [3.05, 3.63) is 0 Å². The maximum atomic E-state index is 11.0. The number of nitrogens with one attached hydrogen (secondary N) is 2. The van der Waals surface area contributed by atoms with Crippen molar-refractivity contribution in [1.82, 2.24) is 10.6 Å². The number of amides is 3. The summed E-state index contributed by atoms with van der Waals surface area (Å²) in [5, 5.41) is 13.1.